The van der Waals surface area contributed by atoms with Gasteiger partial charge in [-0.05, 0) is 24.3 Å². The fraction of sp³-hybridized carbons (Fsp3) is 0.111. The van der Waals surface area contributed by atoms with Crippen LogP contribution in [-0.2, 0) is 6.54 Å². The molecule has 4 aromatic rings. The van der Waals surface area contributed by atoms with Crippen molar-refractivity contribution in [2.45, 2.75) is 13.5 Å². The second kappa shape index (κ2) is 6.75. The van der Waals surface area contributed by atoms with Crippen LogP contribution in [0.25, 0.3) is 22.6 Å². The summed E-state index contributed by atoms with van der Waals surface area (Å²) in [5.41, 5.74) is 2.73. The Hall–Kier alpha value is -3.55. The summed E-state index contributed by atoms with van der Waals surface area (Å²) in [4.78, 5) is 12.2. The topological polar surface area (TPSA) is 92.5 Å². The monoisotopic (exact) mass is 350 g/mol. The molecule has 0 aliphatic carbocycles. The van der Waals surface area contributed by atoms with Gasteiger partial charge in [-0.3, -0.25) is 4.98 Å². The normalized spacial score (nSPS) is 10.8. The second-order valence-corrected chi connectivity index (χ2v) is 5.61. The van der Waals surface area contributed by atoms with Crippen LogP contribution < -0.4 is 5.32 Å². The molecular weight excluding hydrogens is 335 g/mol. The number of H-pyrrole nitrogens is 1. The Labute approximate surface area is 148 Å². The van der Waals surface area contributed by atoms with E-state index in [1.807, 2.05) is 24.3 Å². The van der Waals surface area contributed by atoms with Gasteiger partial charge in [-0.2, -0.15) is 0 Å². The van der Waals surface area contributed by atoms with Gasteiger partial charge in [0.2, 0.25) is 5.89 Å². The molecule has 8 heteroatoms. The quantitative estimate of drug-likeness (QED) is 0.571. The molecule has 3 heterocycles. The molecule has 0 amide bonds. The summed E-state index contributed by atoms with van der Waals surface area (Å²) in [6, 6.07) is 12.2. The number of aromatic amines is 1. The Morgan fingerprint density at radius 3 is 2.81 bits per heavy atom. The predicted molar refractivity (Wildman–Crippen MR) is 93.6 cm³/mol. The van der Waals surface area contributed by atoms with Crippen molar-refractivity contribution in [3.8, 4) is 22.6 Å². The average molecular weight is 350 g/mol. The highest BCUT2D eigenvalue weighted by Gasteiger charge is 2.16. The maximum Gasteiger partial charge on any atom is 0.315 e. The molecule has 3 aromatic heterocycles. The number of halogens is 1. The van der Waals surface area contributed by atoms with E-state index in [1.54, 1.807) is 19.2 Å². The number of imidazole rings is 1. The molecule has 2 N–H and O–H groups in total. The van der Waals surface area contributed by atoms with Gasteiger partial charge in [0.1, 0.15) is 11.6 Å². The molecule has 0 bridgehead atoms. The van der Waals surface area contributed by atoms with E-state index < -0.39 is 0 Å². The van der Waals surface area contributed by atoms with Crippen LogP contribution in [0.5, 0.6) is 0 Å². The molecule has 0 aliphatic rings. The average Bonchev–Trinajstić information content (AvgIpc) is 3.27. The lowest BCUT2D eigenvalue weighted by Gasteiger charge is -2.02. The highest BCUT2D eigenvalue weighted by Crippen LogP contribution is 2.29. The molecule has 0 aliphatic heterocycles. The van der Waals surface area contributed by atoms with Crippen molar-refractivity contribution in [2.75, 3.05) is 5.32 Å². The van der Waals surface area contributed by atoms with Gasteiger partial charge in [0.15, 0.2) is 0 Å². The highest BCUT2D eigenvalue weighted by atomic mass is 19.1. The number of nitrogens with one attached hydrogen (secondary N) is 2. The van der Waals surface area contributed by atoms with E-state index in [0.717, 1.165) is 11.4 Å². The zero-order chi connectivity index (χ0) is 17.9. The predicted octanol–water partition coefficient (Wildman–Crippen LogP) is 3.58. The van der Waals surface area contributed by atoms with Gasteiger partial charge < -0.3 is 14.7 Å². The van der Waals surface area contributed by atoms with Crippen molar-refractivity contribution in [3.05, 3.63) is 66.2 Å². The van der Waals surface area contributed by atoms with Crippen molar-refractivity contribution in [2.24, 2.45) is 0 Å². The van der Waals surface area contributed by atoms with Crippen LogP contribution in [0.2, 0.25) is 0 Å². The van der Waals surface area contributed by atoms with Crippen LogP contribution in [0.4, 0.5) is 10.4 Å². The maximum absolute atomic E-state index is 13.7. The Bertz CT molecular complexity index is 1030. The fourth-order valence-corrected chi connectivity index (χ4v) is 2.57. The summed E-state index contributed by atoms with van der Waals surface area (Å²) < 4.78 is 19.0. The summed E-state index contributed by atoms with van der Waals surface area (Å²) >= 11 is 0. The molecule has 0 unspecified atom stereocenters. The van der Waals surface area contributed by atoms with E-state index in [1.165, 1.54) is 12.1 Å². The van der Waals surface area contributed by atoms with E-state index in [-0.39, 0.29) is 5.82 Å². The van der Waals surface area contributed by atoms with E-state index in [2.05, 4.69) is 30.5 Å². The minimum atomic E-state index is -0.321. The first-order chi connectivity index (χ1) is 12.7. The van der Waals surface area contributed by atoms with E-state index in [0.29, 0.717) is 35.5 Å². The molecule has 0 spiro atoms. The third-order valence-electron chi connectivity index (χ3n) is 3.71. The zero-order valence-electron chi connectivity index (χ0n) is 13.9. The van der Waals surface area contributed by atoms with Gasteiger partial charge in [0.25, 0.3) is 0 Å². The number of rotatable bonds is 5. The molecule has 0 radical (unpaired) electrons. The number of benzene rings is 1. The number of hydrogen-bond donors (Lipinski definition) is 2. The third kappa shape index (κ3) is 3.30. The number of aryl methyl sites for hydroxylation is 1. The van der Waals surface area contributed by atoms with Crippen LogP contribution in [0.3, 0.4) is 0 Å². The lowest BCUT2D eigenvalue weighted by Crippen LogP contribution is -2.01. The summed E-state index contributed by atoms with van der Waals surface area (Å²) in [5, 5.41) is 10.7. The first kappa shape index (κ1) is 15.9. The molecule has 0 saturated heterocycles. The number of nitrogens with zero attached hydrogens (tertiary/aromatic N) is 4. The lowest BCUT2D eigenvalue weighted by atomic mass is 10.1. The number of aromatic nitrogens is 5. The molecule has 0 atom stereocenters. The molecule has 0 saturated carbocycles. The molecule has 26 heavy (non-hydrogen) atoms. The minimum absolute atomic E-state index is 0.311. The number of anilines is 1. The number of hydrogen-bond acceptors (Lipinski definition) is 6. The van der Waals surface area contributed by atoms with Crippen molar-refractivity contribution >= 4 is 6.01 Å². The smallest absolute Gasteiger partial charge is 0.315 e. The minimum Gasteiger partial charge on any atom is -0.408 e. The molecule has 1 aromatic carbocycles. The summed E-state index contributed by atoms with van der Waals surface area (Å²) in [6.07, 6.45) is 1.70. The molecular formula is C18H15FN6O. The van der Waals surface area contributed by atoms with Crippen LogP contribution in [0, 0.1) is 12.7 Å². The first-order valence-corrected chi connectivity index (χ1v) is 7.99. The summed E-state index contributed by atoms with van der Waals surface area (Å²) in [7, 11) is 0. The van der Waals surface area contributed by atoms with Crippen LogP contribution in [-0.4, -0.2) is 25.1 Å². The zero-order valence-corrected chi connectivity index (χ0v) is 13.9. The first-order valence-electron chi connectivity index (χ1n) is 7.99. The van der Waals surface area contributed by atoms with E-state index in [9.17, 15) is 4.39 Å². The standard InChI is InChI=1S/C18H15FN6O/c1-11-24-25-18(26-11)21-10-15-22-16(12-5-4-6-13(19)9-12)17(23-15)14-7-2-3-8-20-14/h2-9H,10H2,1H3,(H,21,25)(H,22,23). The SMILES string of the molecule is Cc1nnc(NCc2nc(-c3cccc(F)c3)c(-c3ccccn3)[nH]2)o1. The highest BCUT2D eigenvalue weighted by molar-refractivity contribution is 5.76. The fourth-order valence-electron chi connectivity index (χ4n) is 2.57. The van der Waals surface area contributed by atoms with Crippen molar-refractivity contribution < 1.29 is 8.81 Å². The van der Waals surface area contributed by atoms with Gasteiger partial charge in [0, 0.05) is 18.7 Å². The molecule has 7 nitrogen and oxygen atoms in total. The second-order valence-electron chi connectivity index (χ2n) is 5.61. The Kier molecular flexibility index (Phi) is 4.14. The van der Waals surface area contributed by atoms with Crippen LogP contribution >= 0.6 is 0 Å². The van der Waals surface area contributed by atoms with Gasteiger partial charge in [-0.15, -0.1) is 5.10 Å². The van der Waals surface area contributed by atoms with E-state index >= 15 is 0 Å². The van der Waals surface area contributed by atoms with Gasteiger partial charge >= 0.3 is 6.01 Å². The van der Waals surface area contributed by atoms with Gasteiger partial charge in [-0.1, -0.05) is 23.3 Å². The lowest BCUT2D eigenvalue weighted by molar-refractivity contribution is 0.530. The third-order valence-corrected chi connectivity index (χ3v) is 3.71. The number of pyridine rings is 1. The summed E-state index contributed by atoms with van der Waals surface area (Å²) in [5.74, 6) is 0.792. The van der Waals surface area contributed by atoms with Crippen molar-refractivity contribution in [1.29, 1.82) is 0 Å². The molecule has 130 valence electrons. The maximum atomic E-state index is 13.7. The van der Waals surface area contributed by atoms with Crippen LogP contribution in [0.15, 0.2) is 53.1 Å². The van der Waals surface area contributed by atoms with Gasteiger partial charge in [-0.25, -0.2) is 9.37 Å². The van der Waals surface area contributed by atoms with Crippen molar-refractivity contribution in [1.82, 2.24) is 25.1 Å². The Morgan fingerprint density at radius 2 is 2.08 bits per heavy atom. The van der Waals surface area contributed by atoms with Crippen LogP contribution in [0.1, 0.15) is 11.7 Å². The summed E-state index contributed by atoms with van der Waals surface area (Å²) in [6.45, 7) is 2.06. The Balaban J connectivity index is 1.70. The van der Waals surface area contributed by atoms with Gasteiger partial charge in [0.05, 0.1) is 23.6 Å². The largest absolute Gasteiger partial charge is 0.408 e. The van der Waals surface area contributed by atoms with E-state index in [4.69, 9.17) is 4.42 Å². The molecule has 0 fully saturated rings. The Morgan fingerprint density at radius 1 is 1.15 bits per heavy atom. The van der Waals surface area contributed by atoms with Crippen molar-refractivity contribution in [3.63, 3.8) is 0 Å². The molecule has 4 rings (SSSR count).